The summed E-state index contributed by atoms with van der Waals surface area (Å²) in [6, 6.07) is 9.20. The number of carbonyl (C=O) groups excluding carboxylic acids is 2. The van der Waals surface area contributed by atoms with Crippen LogP contribution in [-0.2, 0) is 20.9 Å². The maximum Gasteiger partial charge on any atom is 0.330 e. The van der Waals surface area contributed by atoms with Gasteiger partial charge < -0.3 is 15.4 Å². The Labute approximate surface area is 187 Å². The van der Waals surface area contributed by atoms with Crippen molar-refractivity contribution in [3.05, 3.63) is 56.7 Å². The Morgan fingerprint density at radius 2 is 1.81 bits per heavy atom. The van der Waals surface area contributed by atoms with Crippen LogP contribution in [0.4, 0.5) is 11.5 Å². The molecule has 0 aliphatic heterocycles. The summed E-state index contributed by atoms with van der Waals surface area (Å²) in [6.07, 6.45) is 2.51. The minimum absolute atomic E-state index is 0.0768. The molecule has 1 amide bonds. The third-order valence-electron chi connectivity index (χ3n) is 5.20. The zero-order chi connectivity index (χ0) is 23.7. The minimum Gasteiger partial charge on any atom is -0.455 e. The fourth-order valence-electron chi connectivity index (χ4n) is 3.50. The average molecular weight is 445 g/mol. The van der Waals surface area contributed by atoms with Crippen molar-refractivity contribution in [1.29, 1.82) is 0 Å². The molecule has 1 heterocycles. The second kappa shape index (κ2) is 11.9. The molecule has 32 heavy (non-hydrogen) atoms. The lowest BCUT2D eigenvalue weighted by molar-refractivity contribution is -0.149. The first-order valence-electron chi connectivity index (χ1n) is 11.0. The summed E-state index contributed by atoms with van der Waals surface area (Å²) in [5.74, 6) is -1.66. The quantitative estimate of drug-likeness (QED) is 0.512. The van der Waals surface area contributed by atoms with E-state index in [-0.39, 0.29) is 18.1 Å². The molecule has 0 saturated carbocycles. The summed E-state index contributed by atoms with van der Waals surface area (Å²) >= 11 is 0. The molecule has 0 aliphatic carbocycles. The molecule has 0 saturated heterocycles. The van der Waals surface area contributed by atoms with Gasteiger partial charge in [-0.05, 0) is 24.8 Å². The molecule has 3 N–H and O–H groups in total. The van der Waals surface area contributed by atoms with Crippen molar-refractivity contribution in [2.24, 2.45) is 0 Å². The summed E-state index contributed by atoms with van der Waals surface area (Å²) in [6.45, 7) is 5.66. The van der Waals surface area contributed by atoms with Gasteiger partial charge in [0, 0.05) is 13.1 Å². The summed E-state index contributed by atoms with van der Waals surface area (Å²) in [7, 11) is 0. The lowest BCUT2D eigenvalue weighted by Crippen LogP contribution is -2.43. The average Bonchev–Trinajstić information content (AvgIpc) is 2.78. The van der Waals surface area contributed by atoms with Crippen LogP contribution in [0.2, 0.25) is 0 Å². The van der Waals surface area contributed by atoms with Crippen molar-refractivity contribution in [3.63, 3.8) is 0 Å². The molecule has 174 valence electrons. The molecule has 0 fully saturated rings. The summed E-state index contributed by atoms with van der Waals surface area (Å²) in [5.41, 5.74) is 5.47. The Morgan fingerprint density at radius 1 is 1.12 bits per heavy atom. The summed E-state index contributed by atoms with van der Waals surface area (Å²) in [5, 5.41) is 0. The second-order valence-corrected chi connectivity index (χ2v) is 7.52. The first kappa shape index (κ1) is 24.9. The van der Waals surface area contributed by atoms with Crippen LogP contribution in [0.25, 0.3) is 0 Å². The Balaban J connectivity index is 2.28. The van der Waals surface area contributed by atoms with Gasteiger partial charge in [-0.2, -0.15) is 0 Å². The minimum atomic E-state index is -0.744. The fourth-order valence-corrected chi connectivity index (χ4v) is 3.50. The maximum atomic E-state index is 13.0. The van der Waals surface area contributed by atoms with Crippen LogP contribution < -0.4 is 21.9 Å². The van der Waals surface area contributed by atoms with Crippen molar-refractivity contribution in [1.82, 2.24) is 9.55 Å². The van der Waals surface area contributed by atoms with Crippen LogP contribution in [0, 0.1) is 0 Å². The molecule has 1 unspecified atom stereocenters. The van der Waals surface area contributed by atoms with E-state index in [4.69, 9.17) is 10.5 Å². The van der Waals surface area contributed by atoms with Crippen LogP contribution >= 0.6 is 0 Å². The molecular formula is C23H32N4O5. The number of hydrogen-bond donors (Lipinski definition) is 2. The number of hydrogen-bond acceptors (Lipinski definition) is 6. The molecule has 2 aromatic rings. The number of aromatic nitrogens is 2. The van der Waals surface area contributed by atoms with Gasteiger partial charge in [-0.3, -0.25) is 23.9 Å². The van der Waals surface area contributed by atoms with E-state index in [1.54, 1.807) is 0 Å². The van der Waals surface area contributed by atoms with E-state index in [1.807, 2.05) is 51.1 Å². The number of nitrogens with two attached hydrogens (primary N) is 1. The lowest BCUT2D eigenvalue weighted by atomic mass is 9.97. The van der Waals surface area contributed by atoms with Crippen molar-refractivity contribution in [2.45, 2.75) is 58.9 Å². The van der Waals surface area contributed by atoms with Gasteiger partial charge in [0.2, 0.25) is 0 Å². The number of nitrogens with zero attached hydrogens (tertiary/aromatic N) is 2. The largest absolute Gasteiger partial charge is 0.455 e. The highest BCUT2D eigenvalue weighted by Crippen LogP contribution is 2.22. The number of H-pyrrole nitrogens is 1. The molecule has 0 spiro atoms. The van der Waals surface area contributed by atoms with Gasteiger partial charge in [-0.15, -0.1) is 0 Å². The number of rotatable bonds is 11. The Morgan fingerprint density at radius 3 is 2.41 bits per heavy atom. The first-order chi connectivity index (χ1) is 15.3. The van der Waals surface area contributed by atoms with Gasteiger partial charge in [-0.1, -0.05) is 57.5 Å². The highest BCUT2D eigenvalue weighted by Gasteiger charge is 2.26. The Hall–Kier alpha value is -3.36. The number of esters is 1. The molecular weight excluding hydrogens is 412 g/mol. The van der Waals surface area contributed by atoms with Gasteiger partial charge in [0.25, 0.3) is 11.5 Å². The van der Waals surface area contributed by atoms with Gasteiger partial charge >= 0.3 is 11.7 Å². The van der Waals surface area contributed by atoms with Gasteiger partial charge in [0.1, 0.15) is 5.82 Å². The number of unbranched alkanes of at least 4 members (excludes halogenated alkanes) is 1. The van der Waals surface area contributed by atoms with Crippen molar-refractivity contribution < 1.29 is 14.3 Å². The summed E-state index contributed by atoms with van der Waals surface area (Å²) in [4.78, 5) is 53.8. The molecule has 9 heteroatoms. The van der Waals surface area contributed by atoms with Gasteiger partial charge in [0.05, 0.1) is 5.92 Å². The smallest absolute Gasteiger partial charge is 0.330 e. The number of amides is 1. The van der Waals surface area contributed by atoms with Crippen LogP contribution in [0.3, 0.4) is 0 Å². The standard InChI is InChI=1S/C23H32N4O5/c1-4-7-14-26(19-20(24)27(13-5-2)23(31)25-21(19)29)18(28)15-32-22(30)17(6-3)16-11-9-8-10-12-16/h8-12,17H,4-7,13-15,24H2,1-3H3,(H,25,29,31). The Kier molecular flexibility index (Phi) is 9.24. The van der Waals surface area contributed by atoms with E-state index >= 15 is 0 Å². The topological polar surface area (TPSA) is 127 Å². The zero-order valence-corrected chi connectivity index (χ0v) is 18.9. The zero-order valence-electron chi connectivity index (χ0n) is 18.9. The molecule has 0 bridgehead atoms. The number of nitrogen functional groups attached to an aromatic ring is 1. The highest BCUT2D eigenvalue weighted by atomic mass is 16.5. The van der Waals surface area contributed by atoms with E-state index in [0.717, 1.165) is 12.0 Å². The molecule has 1 aromatic carbocycles. The van der Waals surface area contributed by atoms with Crippen LogP contribution in [0.5, 0.6) is 0 Å². The fraction of sp³-hybridized carbons (Fsp3) is 0.478. The van der Waals surface area contributed by atoms with E-state index in [9.17, 15) is 19.2 Å². The van der Waals surface area contributed by atoms with Gasteiger partial charge in [0.15, 0.2) is 12.3 Å². The molecule has 1 atom stereocenters. The molecule has 9 nitrogen and oxygen atoms in total. The number of ether oxygens (including phenoxy) is 1. The van der Waals surface area contributed by atoms with E-state index in [2.05, 4.69) is 4.98 Å². The van der Waals surface area contributed by atoms with E-state index < -0.39 is 35.7 Å². The van der Waals surface area contributed by atoms with Crippen molar-refractivity contribution in [2.75, 3.05) is 23.8 Å². The monoisotopic (exact) mass is 444 g/mol. The van der Waals surface area contributed by atoms with Gasteiger partial charge in [-0.25, -0.2) is 4.79 Å². The number of benzene rings is 1. The number of carbonyl (C=O) groups is 2. The number of aromatic amines is 1. The van der Waals surface area contributed by atoms with Crippen LogP contribution in [0.15, 0.2) is 39.9 Å². The van der Waals surface area contributed by atoms with Crippen LogP contribution in [0.1, 0.15) is 57.9 Å². The van der Waals surface area contributed by atoms with Crippen molar-refractivity contribution >= 4 is 23.4 Å². The number of nitrogens with one attached hydrogen (secondary N) is 1. The SMILES string of the molecule is CCCCN(C(=O)COC(=O)C(CC)c1ccccc1)c1c(N)n(CCC)c(=O)[nH]c1=O. The normalized spacial score (nSPS) is 11.7. The third kappa shape index (κ3) is 5.87. The predicted molar refractivity (Wildman–Crippen MR) is 124 cm³/mol. The molecule has 1 aromatic heterocycles. The predicted octanol–water partition coefficient (Wildman–Crippen LogP) is 2.40. The van der Waals surface area contributed by atoms with E-state index in [0.29, 0.717) is 25.8 Å². The highest BCUT2D eigenvalue weighted by molar-refractivity contribution is 5.97. The van der Waals surface area contributed by atoms with Crippen LogP contribution in [-0.4, -0.2) is 34.6 Å². The third-order valence-corrected chi connectivity index (χ3v) is 5.20. The second-order valence-electron chi connectivity index (χ2n) is 7.52. The number of anilines is 2. The molecule has 2 rings (SSSR count). The molecule has 0 radical (unpaired) electrons. The molecule has 0 aliphatic rings. The Bertz CT molecular complexity index is 1030. The van der Waals surface area contributed by atoms with E-state index in [1.165, 1.54) is 9.47 Å². The maximum absolute atomic E-state index is 13.0. The first-order valence-corrected chi connectivity index (χ1v) is 11.0. The summed E-state index contributed by atoms with van der Waals surface area (Å²) < 4.78 is 6.56. The lowest BCUT2D eigenvalue weighted by Gasteiger charge is -2.24. The van der Waals surface area contributed by atoms with Crippen molar-refractivity contribution in [3.8, 4) is 0 Å².